The highest BCUT2D eigenvalue weighted by atomic mass is 19.1. The minimum Gasteiger partial charge on any atom is -0.349 e. The molecule has 0 bridgehead atoms. The van der Waals surface area contributed by atoms with Crippen LogP contribution in [0.15, 0.2) is 48.7 Å². The van der Waals surface area contributed by atoms with Gasteiger partial charge in [-0.05, 0) is 68.5 Å². The molecule has 0 spiro atoms. The molecule has 1 aliphatic rings. The van der Waals surface area contributed by atoms with Crippen LogP contribution in [0.2, 0.25) is 0 Å². The summed E-state index contributed by atoms with van der Waals surface area (Å²) in [6, 6.07) is 12.8. The van der Waals surface area contributed by atoms with Crippen molar-refractivity contribution in [2.75, 3.05) is 6.54 Å². The maximum atomic E-state index is 13.2. The predicted octanol–water partition coefficient (Wildman–Crippen LogP) is 4.27. The van der Waals surface area contributed by atoms with E-state index >= 15 is 0 Å². The third-order valence-electron chi connectivity index (χ3n) is 5.82. The first-order chi connectivity index (χ1) is 14.1. The monoisotopic (exact) mass is 394 g/mol. The molecule has 152 valence electrons. The summed E-state index contributed by atoms with van der Waals surface area (Å²) in [4.78, 5) is 22.7. The van der Waals surface area contributed by atoms with E-state index in [1.54, 1.807) is 6.20 Å². The second-order valence-electron chi connectivity index (χ2n) is 7.74. The number of hydrogen-bond donors (Lipinski definition) is 2. The number of benzene rings is 1. The molecular formula is C23H27FN4O. The SMILES string of the molecule is CCN(C(=O)c1cc2ncccc2[nH]1)[C@H]1CCC[C@@H](NCc2ccc(F)cc2)C1. The third kappa shape index (κ3) is 4.48. The van der Waals surface area contributed by atoms with Gasteiger partial charge >= 0.3 is 0 Å². The van der Waals surface area contributed by atoms with Gasteiger partial charge in [0, 0.05) is 31.4 Å². The van der Waals surface area contributed by atoms with Gasteiger partial charge < -0.3 is 15.2 Å². The number of carbonyl (C=O) groups is 1. The Morgan fingerprint density at radius 1 is 1.28 bits per heavy atom. The number of nitrogens with zero attached hydrogens (tertiary/aromatic N) is 2. The Morgan fingerprint density at radius 3 is 2.86 bits per heavy atom. The topological polar surface area (TPSA) is 61.0 Å². The molecule has 0 saturated heterocycles. The maximum absolute atomic E-state index is 13.2. The smallest absolute Gasteiger partial charge is 0.270 e. The molecule has 2 atom stereocenters. The molecule has 1 amide bonds. The molecule has 6 heteroatoms. The highest BCUT2D eigenvalue weighted by molar-refractivity contribution is 5.97. The summed E-state index contributed by atoms with van der Waals surface area (Å²) in [5, 5.41) is 3.59. The van der Waals surface area contributed by atoms with Gasteiger partial charge in [-0.15, -0.1) is 0 Å². The van der Waals surface area contributed by atoms with Crippen molar-refractivity contribution < 1.29 is 9.18 Å². The summed E-state index contributed by atoms with van der Waals surface area (Å²) in [5.41, 5.74) is 3.37. The second-order valence-corrected chi connectivity index (χ2v) is 7.74. The van der Waals surface area contributed by atoms with Crippen molar-refractivity contribution in [1.29, 1.82) is 0 Å². The second kappa shape index (κ2) is 8.74. The van der Waals surface area contributed by atoms with E-state index in [2.05, 4.69) is 15.3 Å². The molecule has 2 aromatic heterocycles. The third-order valence-corrected chi connectivity index (χ3v) is 5.82. The number of aromatic amines is 1. The van der Waals surface area contributed by atoms with Crippen LogP contribution in [0, 0.1) is 5.82 Å². The Morgan fingerprint density at radius 2 is 2.10 bits per heavy atom. The number of hydrogen-bond acceptors (Lipinski definition) is 3. The van der Waals surface area contributed by atoms with Gasteiger partial charge in [0.25, 0.3) is 5.91 Å². The van der Waals surface area contributed by atoms with Crippen molar-refractivity contribution in [3.63, 3.8) is 0 Å². The first kappa shape index (κ1) is 19.6. The number of fused-ring (bicyclic) bond motifs is 1. The lowest BCUT2D eigenvalue weighted by atomic mass is 9.89. The molecule has 4 rings (SSSR count). The van der Waals surface area contributed by atoms with Crippen molar-refractivity contribution in [1.82, 2.24) is 20.2 Å². The van der Waals surface area contributed by atoms with Gasteiger partial charge in [0.15, 0.2) is 0 Å². The molecule has 1 aliphatic carbocycles. The van der Waals surface area contributed by atoms with Crippen LogP contribution in [0.3, 0.4) is 0 Å². The van der Waals surface area contributed by atoms with Gasteiger partial charge in [0.05, 0.1) is 11.0 Å². The van der Waals surface area contributed by atoms with E-state index in [0.717, 1.165) is 42.3 Å². The van der Waals surface area contributed by atoms with Crippen LogP contribution in [0.25, 0.3) is 11.0 Å². The van der Waals surface area contributed by atoms with Gasteiger partial charge in [0.2, 0.25) is 0 Å². The van der Waals surface area contributed by atoms with Gasteiger partial charge in [-0.3, -0.25) is 9.78 Å². The molecule has 2 heterocycles. The van der Waals surface area contributed by atoms with E-state index in [-0.39, 0.29) is 17.8 Å². The summed E-state index contributed by atoms with van der Waals surface area (Å²) in [6.45, 7) is 3.43. The van der Waals surface area contributed by atoms with E-state index in [1.807, 2.05) is 42.2 Å². The van der Waals surface area contributed by atoms with Gasteiger partial charge in [-0.25, -0.2) is 4.39 Å². The van der Waals surface area contributed by atoms with E-state index in [9.17, 15) is 9.18 Å². The van der Waals surface area contributed by atoms with E-state index in [4.69, 9.17) is 0 Å². The maximum Gasteiger partial charge on any atom is 0.270 e. The zero-order valence-electron chi connectivity index (χ0n) is 16.7. The Bertz CT molecular complexity index is 935. The fourth-order valence-corrected chi connectivity index (χ4v) is 4.29. The zero-order chi connectivity index (χ0) is 20.2. The number of aromatic nitrogens is 2. The van der Waals surface area contributed by atoms with Crippen LogP contribution >= 0.6 is 0 Å². The fourth-order valence-electron chi connectivity index (χ4n) is 4.29. The Labute approximate surface area is 170 Å². The number of halogens is 1. The average Bonchev–Trinajstić information content (AvgIpc) is 3.18. The molecule has 2 N–H and O–H groups in total. The summed E-state index contributed by atoms with van der Waals surface area (Å²) < 4.78 is 13.1. The average molecular weight is 394 g/mol. The molecule has 3 aromatic rings. The van der Waals surface area contributed by atoms with E-state index in [1.165, 1.54) is 12.1 Å². The highest BCUT2D eigenvalue weighted by Gasteiger charge is 2.29. The van der Waals surface area contributed by atoms with Crippen LogP contribution in [0.1, 0.15) is 48.7 Å². The van der Waals surface area contributed by atoms with Crippen LogP contribution in [0.5, 0.6) is 0 Å². The van der Waals surface area contributed by atoms with E-state index in [0.29, 0.717) is 24.8 Å². The van der Waals surface area contributed by atoms with Crippen LogP contribution in [0.4, 0.5) is 4.39 Å². The van der Waals surface area contributed by atoms with Crippen molar-refractivity contribution in [2.45, 2.75) is 51.2 Å². The highest BCUT2D eigenvalue weighted by Crippen LogP contribution is 2.25. The van der Waals surface area contributed by atoms with Gasteiger partial charge in [-0.1, -0.05) is 12.1 Å². The number of amides is 1. The van der Waals surface area contributed by atoms with Crippen molar-refractivity contribution in [3.8, 4) is 0 Å². The van der Waals surface area contributed by atoms with Gasteiger partial charge in [0.1, 0.15) is 11.5 Å². The number of nitrogens with one attached hydrogen (secondary N) is 2. The van der Waals surface area contributed by atoms with Gasteiger partial charge in [-0.2, -0.15) is 0 Å². The number of H-pyrrole nitrogens is 1. The minimum atomic E-state index is -0.212. The van der Waals surface area contributed by atoms with E-state index < -0.39 is 0 Å². The number of carbonyl (C=O) groups excluding carboxylic acids is 1. The molecule has 1 fully saturated rings. The first-order valence-electron chi connectivity index (χ1n) is 10.4. The summed E-state index contributed by atoms with van der Waals surface area (Å²) in [7, 11) is 0. The molecule has 5 nitrogen and oxygen atoms in total. The zero-order valence-corrected chi connectivity index (χ0v) is 16.7. The molecule has 0 radical (unpaired) electrons. The Hall–Kier alpha value is -2.73. The lowest BCUT2D eigenvalue weighted by Crippen LogP contribution is -2.46. The van der Waals surface area contributed by atoms with Crippen LogP contribution in [-0.4, -0.2) is 39.4 Å². The minimum absolute atomic E-state index is 0.0367. The quantitative estimate of drug-likeness (QED) is 0.657. The first-order valence-corrected chi connectivity index (χ1v) is 10.4. The molecule has 0 aliphatic heterocycles. The molecule has 0 unspecified atom stereocenters. The molecule has 29 heavy (non-hydrogen) atoms. The largest absolute Gasteiger partial charge is 0.349 e. The van der Waals surface area contributed by atoms with Crippen molar-refractivity contribution >= 4 is 16.9 Å². The molecular weight excluding hydrogens is 367 g/mol. The Kier molecular flexibility index (Phi) is 5.90. The van der Waals surface area contributed by atoms with Crippen LogP contribution in [-0.2, 0) is 6.54 Å². The van der Waals surface area contributed by atoms with Crippen molar-refractivity contribution in [3.05, 3.63) is 65.7 Å². The predicted molar refractivity (Wildman–Crippen MR) is 112 cm³/mol. The van der Waals surface area contributed by atoms with Crippen LogP contribution < -0.4 is 5.32 Å². The molecule has 1 aromatic carbocycles. The lowest BCUT2D eigenvalue weighted by molar-refractivity contribution is 0.0623. The standard InChI is InChI=1S/C23H27FN4O/c1-2-28(23(29)22-14-21-20(27-22)7-4-12-25-21)19-6-3-5-18(13-19)26-15-16-8-10-17(24)11-9-16/h4,7-12,14,18-19,26-27H,2-3,5-6,13,15H2,1H3/t18-,19+/m1/s1. The fraction of sp³-hybridized carbons (Fsp3) is 0.391. The number of pyridine rings is 1. The van der Waals surface area contributed by atoms with Crippen molar-refractivity contribution in [2.24, 2.45) is 0 Å². The molecule has 1 saturated carbocycles. The summed E-state index contributed by atoms with van der Waals surface area (Å²) in [5.74, 6) is -0.176. The Balaban J connectivity index is 1.41. The lowest BCUT2D eigenvalue weighted by Gasteiger charge is -2.37. The summed E-state index contributed by atoms with van der Waals surface area (Å²) >= 11 is 0. The normalized spacial score (nSPS) is 19.4. The number of rotatable bonds is 6. The summed E-state index contributed by atoms with van der Waals surface area (Å²) in [6.07, 6.45) is 5.87.